The summed E-state index contributed by atoms with van der Waals surface area (Å²) in [7, 11) is 0. The molecule has 3 rings (SSSR count). The molecule has 0 atom stereocenters. The summed E-state index contributed by atoms with van der Waals surface area (Å²) >= 11 is 6.18. The van der Waals surface area contributed by atoms with Crippen molar-refractivity contribution in [3.63, 3.8) is 0 Å². The van der Waals surface area contributed by atoms with Gasteiger partial charge >= 0.3 is 0 Å². The number of aromatic nitrogens is 1. The van der Waals surface area contributed by atoms with Gasteiger partial charge in [0.05, 0.1) is 5.52 Å². The number of benzene rings is 2. The van der Waals surface area contributed by atoms with Crippen molar-refractivity contribution >= 4 is 34.4 Å². The summed E-state index contributed by atoms with van der Waals surface area (Å²) in [6, 6.07) is 13.2. The number of carbonyl (C=O) groups excluding carboxylic acids is 1. The van der Waals surface area contributed by atoms with E-state index in [0.717, 1.165) is 16.5 Å². The van der Waals surface area contributed by atoms with Gasteiger partial charge in [0.1, 0.15) is 11.0 Å². The first-order valence-corrected chi connectivity index (χ1v) is 7.45. The Labute approximate surface area is 138 Å². The van der Waals surface area contributed by atoms with Crippen molar-refractivity contribution < 1.29 is 9.18 Å². The van der Waals surface area contributed by atoms with E-state index < -0.39 is 0 Å². The van der Waals surface area contributed by atoms with Crippen LogP contribution in [0.1, 0.15) is 21.5 Å². The molecule has 1 aromatic heterocycles. The van der Waals surface area contributed by atoms with E-state index in [9.17, 15) is 9.18 Å². The summed E-state index contributed by atoms with van der Waals surface area (Å²) in [5, 5.41) is 1.29. The number of ketones is 1. The zero-order valence-corrected chi connectivity index (χ0v) is 13.1. The second kappa shape index (κ2) is 6.31. The molecule has 0 aliphatic carbocycles. The molecule has 0 amide bonds. The molecule has 0 fully saturated rings. The van der Waals surface area contributed by atoms with E-state index in [0.29, 0.717) is 16.3 Å². The van der Waals surface area contributed by atoms with Crippen LogP contribution in [0.25, 0.3) is 17.0 Å². The molecule has 0 unspecified atom stereocenters. The number of hydrogen-bond donors (Lipinski definition) is 0. The van der Waals surface area contributed by atoms with Gasteiger partial charge < -0.3 is 0 Å². The third-order valence-electron chi connectivity index (χ3n) is 3.50. The largest absolute Gasteiger partial charge is 0.289 e. The molecule has 0 saturated heterocycles. The van der Waals surface area contributed by atoms with Crippen molar-refractivity contribution in [3.8, 4) is 0 Å². The number of halogens is 2. The molecule has 0 saturated carbocycles. The van der Waals surface area contributed by atoms with Crippen LogP contribution < -0.4 is 0 Å². The van der Waals surface area contributed by atoms with Crippen LogP contribution in [-0.2, 0) is 0 Å². The van der Waals surface area contributed by atoms with Gasteiger partial charge in [-0.1, -0.05) is 23.7 Å². The lowest BCUT2D eigenvalue weighted by atomic mass is 10.1. The molecule has 0 spiro atoms. The van der Waals surface area contributed by atoms with Gasteiger partial charge in [-0.25, -0.2) is 9.37 Å². The number of pyridine rings is 1. The maximum atomic E-state index is 12.9. The Balaban J connectivity index is 1.91. The summed E-state index contributed by atoms with van der Waals surface area (Å²) in [6.45, 7) is 1.99. The van der Waals surface area contributed by atoms with Gasteiger partial charge in [-0.15, -0.1) is 0 Å². The molecule has 4 heteroatoms. The van der Waals surface area contributed by atoms with Crippen molar-refractivity contribution in [2.75, 3.05) is 0 Å². The minimum atomic E-state index is -0.373. The van der Waals surface area contributed by atoms with Crippen LogP contribution >= 0.6 is 11.6 Å². The van der Waals surface area contributed by atoms with Crippen LogP contribution in [0.4, 0.5) is 4.39 Å². The first kappa shape index (κ1) is 15.4. The molecular formula is C19H13ClFNO. The van der Waals surface area contributed by atoms with Gasteiger partial charge in [-0.2, -0.15) is 0 Å². The summed E-state index contributed by atoms with van der Waals surface area (Å²) < 4.78 is 12.9. The highest BCUT2D eigenvalue weighted by atomic mass is 35.5. The van der Waals surface area contributed by atoms with E-state index >= 15 is 0 Å². The van der Waals surface area contributed by atoms with E-state index in [1.54, 1.807) is 6.08 Å². The Morgan fingerprint density at radius 2 is 1.87 bits per heavy atom. The molecule has 114 valence electrons. The molecule has 1 heterocycles. The first-order chi connectivity index (χ1) is 11.0. The fourth-order valence-corrected chi connectivity index (χ4v) is 2.47. The second-order valence-electron chi connectivity index (χ2n) is 5.27. The van der Waals surface area contributed by atoms with Gasteiger partial charge in [0.15, 0.2) is 5.78 Å². The highest BCUT2D eigenvalue weighted by molar-refractivity contribution is 6.31. The summed E-state index contributed by atoms with van der Waals surface area (Å²) in [5.74, 6) is -0.590. The average Bonchev–Trinajstić information content (AvgIpc) is 2.53. The molecule has 0 radical (unpaired) electrons. The predicted molar refractivity (Wildman–Crippen MR) is 91.3 cm³/mol. The monoisotopic (exact) mass is 325 g/mol. The van der Waals surface area contributed by atoms with Gasteiger partial charge in [0.2, 0.25) is 0 Å². The Hall–Kier alpha value is -2.52. The van der Waals surface area contributed by atoms with E-state index in [4.69, 9.17) is 11.6 Å². The number of aryl methyl sites for hydroxylation is 1. The van der Waals surface area contributed by atoms with E-state index in [1.807, 2.05) is 31.2 Å². The van der Waals surface area contributed by atoms with Crippen LogP contribution in [-0.4, -0.2) is 10.8 Å². The molecule has 0 bridgehead atoms. The van der Waals surface area contributed by atoms with E-state index in [1.165, 1.54) is 30.3 Å². The number of rotatable bonds is 3. The number of nitrogens with zero attached hydrogens (tertiary/aromatic N) is 1. The highest BCUT2D eigenvalue weighted by Crippen LogP contribution is 2.22. The lowest BCUT2D eigenvalue weighted by Crippen LogP contribution is -1.94. The number of fused-ring (bicyclic) bond motifs is 1. The van der Waals surface area contributed by atoms with Crippen LogP contribution in [0, 0.1) is 12.7 Å². The molecule has 2 nitrogen and oxygen atoms in total. The fraction of sp³-hybridized carbons (Fsp3) is 0.0526. The highest BCUT2D eigenvalue weighted by Gasteiger charge is 2.05. The molecule has 3 aromatic rings. The molecule has 0 N–H and O–H groups in total. The molecule has 0 aliphatic rings. The normalized spacial score (nSPS) is 11.3. The van der Waals surface area contributed by atoms with Crippen LogP contribution in [0.5, 0.6) is 0 Å². The summed E-state index contributed by atoms with van der Waals surface area (Å²) in [6.07, 6.45) is 3.04. The zero-order chi connectivity index (χ0) is 16.4. The minimum Gasteiger partial charge on any atom is -0.289 e. The second-order valence-corrected chi connectivity index (χ2v) is 5.63. The number of allylic oxidation sites excluding steroid dienone is 1. The fourth-order valence-electron chi connectivity index (χ4n) is 2.26. The predicted octanol–water partition coefficient (Wildman–Crippen LogP) is 5.23. The Morgan fingerprint density at radius 1 is 1.13 bits per heavy atom. The smallest absolute Gasteiger partial charge is 0.185 e. The Morgan fingerprint density at radius 3 is 2.61 bits per heavy atom. The van der Waals surface area contributed by atoms with E-state index in [2.05, 4.69) is 4.98 Å². The van der Waals surface area contributed by atoms with Crippen molar-refractivity contribution in [1.29, 1.82) is 0 Å². The quantitative estimate of drug-likeness (QED) is 0.375. The average molecular weight is 326 g/mol. The Kier molecular flexibility index (Phi) is 4.22. The topological polar surface area (TPSA) is 30.0 Å². The minimum absolute atomic E-state index is 0.218. The third-order valence-corrected chi connectivity index (χ3v) is 3.80. The molecule has 2 aromatic carbocycles. The third kappa shape index (κ3) is 3.46. The SMILES string of the molecule is Cc1ccc2cc(C=CC(=O)c3ccc(F)cc3)c(Cl)nc2c1. The maximum Gasteiger partial charge on any atom is 0.185 e. The van der Waals surface area contributed by atoms with Crippen LogP contribution in [0.3, 0.4) is 0 Å². The van der Waals surface area contributed by atoms with Gasteiger partial charge in [-0.3, -0.25) is 4.79 Å². The number of carbonyl (C=O) groups is 1. The van der Waals surface area contributed by atoms with Crippen molar-refractivity contribution in [2.45, 2.75) is 6.92 Å². The van der Waals surface area contributed by atoms with Crippen molar-refractivity contribution in [2.24, 2.45) is 0 Å². The standard InChI is InChI=1S/C19H13ClFNO/c1-12-2-3-14-11-15(19(20)22-17(14)10-12)6-9-18(23)13-4-7-16(21)8-5-13/h2-11H,1H3. The van der Waals surface area contributed by atoms with Crippen LogP contribution in [0.2, 0.25) is 5.15 Å². The molecule has 23 heavy (non-hydrogen) atoms. The van der Waals surface area contributed by atoms with Gasteiger partial charge in [-0.05, 0) is 61.0 Å². The maximum absolute atomic E-state index is 12.9. The van der Waals surface area contributed by atoms with Gasteiger partial charge in [0, 0.05) is 16.5 Å². The summed E-state index contributed by atoms with van der Waals surface area (Å²) in [4.78, 5) is 16.4. The lowest BCUT2D eigenvalue weighted by Gasteiger charge is -2.03. The zero-order valence-electron chi connectivity index (χ0n) is 12.4. The lowest BCUT2D eigenvalue weighted by molar-refractivity contribution is 0.104. The van der Waals surface area contributed by atoms with Gasteiger partial charge in [0.25, 0.3) is 0 Å². The number of hydrogen-bond acceptors (Lipinski definition) is 2. The van der Waals surface area contributed by atoms with Crippen LogP contribution in [0.15, 0.2) is 54.6 Å². The molecule has 0 aliphatic heterocycles. The van der Waals surface area contributed by atoms with E-state index in [-0.39, 0.29) is 11.6 Å². The first-order valence-electron chi connectivity index (χ1n) is 7.08. The Bertz CT molecular complexity index is 917. The van der Waals surface area contributed by atoms with Crippen molar-refractivity contribution in [3.05, 3.63) is 82.3 Å². The molecular weight excluding hydrogens is 313 g/mol. The summed E-state index contributed by atoms with van der Waals surface area (Å²) in [5.41, 5.74) is 3.01. The van der Waals surface area contributed by atoms with Crippen molar-refractivity contribution in [1.82, 2.24) is 4.98 Å².